The van der Waals surface area contributed by atoms with Crippen molar-refractivity contribution in [1.29, 1.82) is 0 Å². The lowest BCUT2D eigenvalue weighted by Crippen LogP contribution is -2.30. The van der Waals surface area contributed by atoms with E-state index in [0.29, 0.717) is 28.3 Å². The third-order valence-corrected chi connectivity index (χ3v) is 6.94. The minimum Gasteiger partial charge on any atom is -0.507 e. The van der Waals surface area contributed by atoms with Crippen molar-refractivity contribution in [2.45, 2.75) is 25.3 Å². The predicted octanol–water partition coefficient (Wildman–Crippen LogP) is 4.43. The van der Waals surface area contributed by atoms with E-state index >= 15 is 0 Å². The number of carbonyl (C=O) groups is 2. The van der Waals surface area contributed by atoms with E-state index in [-0.39, 0.29) is 18.1 Å². The Kier molecular flexibility index (Phi) is 5.56. The number of Topliss-reactive ketones (excluding diaryl/α,β-unsaturated/α-hetero) is 1. The molecule has 182 valence electrons. The third-order valence-electron chi connectivity index (χ3n) is 6.94. The molecular formula is C28H25N3O5. The average molecular weight is 484 g/mol. The van der Waals surface area contributed by atoms with Crippen LogP contribution in [0.5, 0.6) is 11.5 Å². The highest BCUT2D eigenvalue weighted by molar-refractivity contribution is 6.51. The van der Waals surface area contributed by atoms with Gasteiger partial charge in [0.2, 0.25) is 6.79 Å². The number of anilines is 2. The molecule has 0 bridgehead atoms. The maximum atomic E-state index is 13.4. The van der Waals surface area contributed by atoms with Crippen molar-refractivity contribution < 1.29 is 24.2 Å². The molecule has 2 aromatic carbocycles. The Morgan fingerprint density at radius 2 is 1.67 bits per heavy atom. The van der Waals surface area contributed by atoms with Gasteiger partial charge in [0.25, 0.3) is 11.7 Å². The summed E-state index contributed by atoms with van der Waals surface area (Å²) < 4.78 is 10.8. The van der Waals surface area contributed by atoms with Gasteiger partial charge in [0.15, 0.2) is 11.5 Å². The highest BCUT2D eigenvalue weighted by Crippen LogP contribution is 2.43. The summed E-state index contributed by atoms with van der Waals surface area (Å²) in [5.74, 6) is -0.687. The molecule has 2 fully saturated rings. The van der Waals surface area contributed by atoms with E-state index in [0.717, 1.165) is 31.6 Å². The number of hydrogen-bond donors (Lipinski definition) is 1. The first-order chi connectivity index (χ1) is 17.6. The predicted molar refractivity (Wildman–Crippen MR) is 134 cm³/mol. The highest BCUT2D eigenvalue weighted by atomic mass is 16.7. The van der Waals surface area contributed by atoms with Crippen LogP contribution in [0.25, 0.3) is 5.76 Å². The lowest BCUT2D eigenvalue weighted by atomic mass is 9.96. The monoisotopic (exact) mass is 483 g/mol. The van der Waals surface area contributed by atoms with Gasteiger partial charge in [-0.1, -0.05) is 6.07 Å². The topological polar surface area (TPSA) is 92.2 Å². The number of rotatable bonds is 4. The number of ether oxygens (including phenoxy) is 2. The smallest absolute Gasteiger partial charge is 0.300 e. The molecule has 3 aliphatic rings. The average Bonchev–Trinajstić information content (AvgIpc) is 3.51. The number of nitrogens with zero attached hydrogens (tertiary/aromatic N) is 3. The third kappa shape index (κ3) is 3.75. The Hall–Kier alpha value is -4.33. The summed E-state index contributed by atoms with van der Waals surface area (Å²) in [7, 11) is 0. The lowest BCUT2D eigenvalue weighted by Gasteiger charge is -2.30. The molecule has 3 aromatic rings. The van der Waals surface area contributed by atoms with Crippen LogP contribution in [0.15, 0.2) is 72.6 Å². The number of pyridine rings is 1. The van der Waals surface area contributed by atoms with Crippen LogP contribution < -0.4 is 19.3 Å². The molecule has 4 heterocycles. The second-order valence-corrected chi connectivity index (χ2v) is 9.09. The molecule has 2 saturated heterocycles. The SMILES string of the molecule is O=C1C(=O)N(c2ccc(N3CCCCC3)cc2)C(c2cccnc2)/C1=C(/O)c1ccc2c(c1)OCO2. The first-order valence-electron chi connectivity index (χ1n) is 12.1. The molecule has 1 amide bonds. The Bertz CT molecular complexity index is 1350. The number of carbonyl (C=O) groups excluding carboxylic acids is 2. The summed E-state index contributed by atoms with van der Waals surface area (Å²) in [6.45, 7) is 2.11. The van der Waals surface area contributed by atoms with Gasteiger partial charge < -0.3 is 19.5 Å². The molecule has 3 aliphatic heterocycles. The normalized spacial score (nSPS) is 20.7. The van der Waals surface area contributed by atoms with Crippen LogP contribution in [0.1, 0.15) is 36.4 Å². The van der Waals surface area contributed by atoms with E-state index in [1.807, 2.05) is 24.3 Å². The molecule has 1 unspecified atom stereocenters. The number of hydrogen-bond acceptors (Lipinski definition) is 7. The molecule has 0 saturated carbocycles. The molecule has 0 spiro atoms. The quantitative estimate of drug-likeness (QED) is 0.333. The number of ketones is 1. The maximum absolute atomic E-state index is 13.4. The second-order valence-electron chi connectivity index (χ2n) is 9.09. The van der Waals surface area contributed by atoms with E-state index in [2.05, 4.69) is 9.88 Å². The van der Waals surface area contributed by atoms with Crippen LogP contribution in [0.2, 0.25) is 0 Å². The minimum atomic E-state index is -0.829. The van der Waals surface area contributed by atoms with Crippen molar-refractivity contribution in [2.75, 3.05) is 29.7 Å². The number of aromatic nitrogens is 1. The van der Waals surface area contributed by atoms with Gasteiger partial charge in [-0.15, -0.1) is 0 Å². The molecule has 1 atom stereocenters. The van der Waals surface area contributed by atoms with E-state index in [9.17, 15) is 14.7 Å². The summed E-state index contributed by atoms with van der Waals surface area (Å²) in [5, 5.41) is 11.3. The van der Waals surface area contributed by atoms with Crippen molar-refractivity contribution in [3.8, 4) is 11.5 Å². The first kappa shape index (κ1) is 22.2. The summed E-state index contributed by atoms with van der Waals surface area (Å²) in [5.41, 5.74) is 2.67. The fourth-order valence-corrected chi connectivity index (χ4v) is 5.13. The number of amides is 1. The van der Waals surface area contributed by atoms with Gasteiger partial charge in [-0.05, 0) is 73.4 Å². The van der Waals surface area contributed by atoms with Gasteiger partial charge in [0.1, 0.15) is 5.76 Å². The first-order valence-corrected chi connectivity index (χ1v) is 12.1. The van der Waals surface area contributed by atoms with Crippen molar-refractivity contribution in [3.63, 3.8) is 0 Å². The molecule has 0 radical (unpaired) electrons. The van der Waals surface area contributed by atoms with Gasteiger partial charge in [-0.25, -0.2) is 0 Å². The Balaban J connectivity index is 1.43. The highest BCUT2D eigenvalue weighted by Gasteiger charge is 2.47. The lowest BCUT2D eigenvalue weighted by molar-refractivity contribution is -0.132. The van der Waals surface area contributed by atoms with Crippen LogP contribution in [0, 0.1) is 0 Å². The molecule has 8 nitrogen and oxygen atoms in total. The fourth-order valence-electron chi connectivity index (χ4n) is 5.13. The van der Waals surface area contributed by atoms with Crippen LogP contribution in [0.3, 0.4) is 0 Å². The van der Waals surface area contributed by atoms with Crippen LogP contribution in [-0.2, 0) is 9.59 Å². The standard InChI is InChI=1S/C28H25N3O5/c32-26(18-6-11-22-23(15-18)36-17-35-22)24-25(19-5-4-12-29-16-19)31(28(34)27(24)33)21-9-7-20(8-10-21)30-13-2-1-3-14-30/h4-12,15-16,25,32H,1-3,13-14,17H2/b26-24-. The summed E-state index contributed by atoms with van der Waals surface area (Å²) in [4.78, 5) is 34.7. The molecule has 1 aromatic heterocycles. The molecule has 8 heteroatoms. The van der Waals surface area contributed by atoms with E-state index in [1.54, 1.807) is 42.7 Å². The molecule has 36 heavy (non-hydrogen) atoms. The number of aliphatic hydroxyl groups excluding tert-OH is 1. The minimum absolute atomic E-state index is 0.00646. The van der Waals surface area contributed by atoms with Crippen LogP contribution in [0.4, 0.5) is 11.4 Å². The molecule has 0 aliphatic carbocycles. The second kappa shape index (κ2) is 9.03. The number of aliphatic hydroxyl groups is 1. The number of benzene rings is 2. The summed E-state index contributed by atoms with van der Waals surface area (Å²) >= 11 is 0. The van der Waals surface area contributed by atoms with Crippen molar-refractivity contribution in [3.05, 3.63) is 83.7 Å². The van der Waals surface area contributed by atoms with E-state index in [4.69, 9.17) is 9.47 Å². The maximum Gasteiger partial charge on any atom is 0.300 e. The van der Waals surface area contributed by atoms with Crippen LogP contribution >= 0.6 is 0 Å². The Morgan fingerprint density at radius 3 is 2.42 bits per heavy atom. The van der Waals surface area contributed by atoms with Crippen molar-refractivity contribution >= 4 is 28.8 Å². The Morgan fingerprint density at radius 1 is 0.917 bits per heavy atom. The molecular weight excluding hydrogens is 458 g/mol. The van der Waals surface area contributed by atoms with Crippen LogP contribution in [-0.4, -0.2) is 41.7 Å². The zero-order valence-corrected chi connectivity index (χ0v) is 19.6. The zero-order chi connectivity index (χ0) is 24.6. The molecule has 1 N–H and O–H groups in total. The zero-order valence-electron chi connectivity index (χ0n) is 19.6. The summed E-state index contributed by atoms with van der Waals surface area (Å²) in [6, 6.07) is 15.3. The van der Waals surface area contributed by atoms with Gasteiger partial charge in [-0.3, -0.25) is 19.5 Å². The Labute approximate surface area is 208 Å². The molecule has 6 rings (SSSR count). The summed E-state index contributed by atoms with van der Waals surface area (Å²) in [6.07, 6.45) is 6.81. The van der Waals surface area contributed by atoms with Gasteiger partial charge in [-0.2, -0.15) is 0 Å². The van der Waals surface area contributed by atoms with Gasteiger partial charge >= 0.3 is 0 Å². The largest absolute Gasteiger partial charge is 0.507 e. The van der Waals surface area contributed by atoms with E-state index in [1.165, 1.54) is 11.3 Å². The fraction of sp³-hybridized carbons (Fsp3) is 0.250. The van der Waals surface area contributed by atoms with E-state index < -0.39 is 17.7 Å². The van der Waals surface area contributed by atoms with Crippen molar-refractivity contribution in [2.24, 2.45) is 0 Å². The van der Waals surface area contributed by atoms with Gasteiger partial charge in [0.05, 0.1) is 11.6 Å². The van der Waals surface area contributed by atoms with Crippen molar-refractivity contribution in [1.82, 2.24) is 4.98 Å². The number of piperidine rings is 1. The van der Waals surface area contributed by atoms with Gasteiger partial charge in [0, 0.05) is 42.4 Å². The number of fused-ring (bicyclic) bond motifs is 1.